The number of amides is 1. The van der Waals surface area contributed by atoms with Gasteiger partial charge < -0.3 is 4.90 Å². The van der Waals surface area contributed by atoms with E-state index < -0.39 is 17.6 Å². The molecule has 0 N–H and O–H groups in total. The molecule has 0 aromatic carbocycles. The predicted molar refractivity (Wildman–Crippen MR) is 50.1 cm³/mol. The van der Waals surface area contributed by atoms with Gasteiger partial charge in [-0.25, -0.2) is 0 Å². The lowest BCUT2D eigenvalue weighted by Crippen LogP contribution is -2.47. The van der Waals surface area contributed by atoms with E-state index in [9.17, 15) is 9.59 Å². The van der Waals surface area contributed by atoms with Gasteiger partial charge in [-0.3, -0.25) is 9.59 Å². The number of ketones is 1. The zero-order chi connectivity index (χ0) is 10.7. The lowest BCUT2D eigenvalue weighted by Gasteiger charge is -2.29. The molecule has 0 aliphatic carbocycles. The van der Waals surface area contributed by atoms with Crippen molar-refractivity contribution in [3.63, 3.8) is 0 Å². The second-order valence-corrected chi connectivity index (χ2v) is 3.98. The summed E-state index contributed by atoms with van der Waals surface area (Å²) in [6.45, 7) is 5.12. The molecule has 4 nitrogen and oxygen atoms in total. The molecule has 0 radical (unpaired) electrons. The fourth-order valence-electron chi connectivity index (χ4n) is 1.56. The van der Waals surface area contributed by atoms with E-state index in [4.69, 9.17) is 5.26 Å². The van der Waals surface area contributed by atoms with Gasteiger partial charge in [0, 0.05) is 13.1 Å². The molecular formula is C10H14N2O2. The molecule has 1 aliphatic rings. The summed E-state index contributed by atoms with van der Waals surface area (Å²) in [6.07, 6.45) is 0.480. The van der Waals surface area contributed by atoms with Crippen LogP contribution in [0.25, 0.3) is 0 Å². The summed E-state index contributed by atoms with van der Waals surface area (Å²) in [5.41, 5.74) is 0. The average molecular weight is 194 g/mol. The Kier molecular flexibility index (Phi) is 3.23. The van der Waals surface area contributed by atoms with Crippen molar-refractivity contribution in [3.8, 4) is 6.07 Å². The number of piperidine rings is 1. The fraction of sp³-hybridized carbons (Fsp3) is 0.700. The highest BCUT2D eigenvalue weighted by molar-refractivity contribution is 6.38. The van der Waals surface area contributed by atoms with Crippen LogP contribution < -0.4 is 0 Å². The molecule has 1 rings (SSSR count). The Hall–Kier alpha value is -1.37. The van der Waals surface area contributed by atoms with Crippen molar-refractivity contribution < 1.29 is 9.59 Å². The summed E-state index contributed by atoms with van der Waals surface area (Å²) < 4.78 is 0. The molecule has 4 heteroatoms. The number of hydrogen-bond acceptors (Lipinski definition) is 3. The van der Waals surface area contributed by atoms with Gasteiger partial charge in [0.15, 0.2) is 0 Å². The maximum Gasteiger partial charge on any atom is 0.291 e. The van der Waals surface area contributed by atoms with E-state index in [1.54, 1.807) is 4.90 Å². The second-order valence-electron chi connectivity index (χ2n) is 3.98. The number of carbonyl (C=O) groups is 2. The minimum Gasteiger partial charge on any atom is -0.336 e. The molecule has 76 valence electrons. The van der Waals surface area contributed by atoms with Crippen molar-refractivity contribution in [1.82, 2.24) is 4.90 Å². The van der Waals surface area contributed by atoms with Gasteiger partial charge in [0.05, 0.1) is 6.07 Å². The van der Waals surface area contributed by atoms with Crippen LogP contribution in [0.1, 0.15) is 20.3 Å². The van der Waals surface area contributed by atoms with Crippen LogP contribution in [0, 0.1) is 23.2 Å². The lowest BCUT2D eigenvalue weighted by molar-refractivity contribution is -0.149. The van der Waals surface area contributed by atoms with Crippen LogP contribution in [0.5, 0.6) is 0 Å². The van der Waals surface area contributed by atoms with E-state index >= 15 is 0 Å². The van der Waals surface area contributed by atoms with E-state index in [-0.39, 0.29) is 0 Å². The van der Waals surface area contributed by atoms with Crippen molar-refractivity contribution >= 4 is 11.7 Å². The molecule has 0 saturated carbocycles. The minimum atomic E-state index is -0.717. The van der Waals surface area contributed by atoms with Gasteiger partial charge in [-0.05, 0) is 12.3 Å². The molecular weight excluding hydrogens is 180 g/mol. The first-order chi connectivity index (χ1) is 6.56. The molecule has 14 heavy (non-hydrogen) atoms. The highest BCUT2D eigenvalue weighted by Crippen LogP contribution is 2.15. The molecule has 1 fully saturated rings. The predicted octanol–water partition coefficient (Wildman–Crippen LogP) is 0.584. The summed E-state index contributed by atoms with van der Waals surface area (Å²) in [5, 5.41) is 8.61. The topological polar surface area (TPSA) is 61.2 Å². The molecule has 1 heterocycles. The molecule has 1 atom stereocenters. The average Bonchev–Trinajstić information content (AvgIpc) is 2.13. The van der Waals surface area contributed by atoms with Crippen molar-refractivity contribution in [2.75, 3.05) is 13.1 Å². The molecule has 0 spiro atoms. The number of likely N-dealkylation sites (tertiary alicyclic amines) is 1. The quantitative estimate of drug-likeness (QED) is 0.604. The van der Waals surface area contributed by atoms with E-state index in [2.05, 4.69) is 0 Å². The van der Waals surface area contributed by atoms with Crippen molar-refractivity contribution in [2.45, 2.75) is 20.3 Å². The van der Waals surface area contributed by atoms with Crippen LogP contribution >= 0.6 is 0 Å². The van der Waals surface area contributed by atoms with Gasteiger partial charge in [0.25, 0.3) is 5.91 Å². The smallest absolute Gasteiger partial charge is 0.291 e. The Labute approximate surface area is 83.5 Å². The van der Waals surface area contributed by atoms with Crippen molar-refractivity contribution in [1.29, 1.82) is 5.26 Å². The number of Topliss-reactive ketones (excluding diaryl/α,β-unsaturated/α-hetero) is 1. The third kappa shape index (κ3) is 2.11. The summed E-state index contributed by atoms with van der Waals surface area (Å²) >= 11 is 0. The Morgan fingerprint density at radius 1 is 1.57 bits per heavy atom. The summed E-state index contributed by atoms with van der Waals surface area (Å²) in [6, 6.07) is 1.86. The van der Waals surface area contributed by atoms with Crippen LogP contribution in [-0.2, 0) is 9.59 Å². The summed E-state index contributed by atoms with van der Waals surface area (Å²) in [4.78, 5) is 24.3. The Balaban J connectivity index is 2.66. The zero-order valence-electron chi connectivity index (χ0n) is 8.49. The second kappa shape index (κ2) is 4.23. The number of nitrogens with zero attached hydrogens (tertiary/aromatic N) is 2. The van der Waals surface area contributed by atoms with Crippen LogP contribution in [-0.4, -0.2) is 29.7 Å². The first kappa shape index (κ1) is 10.7. The number of nitriles is 1. The molecule has 1 unspecified atom stereocenters. The van der Waals surface area contributed by atoms with Gasteiger partial charge >= 0.3 is 0 Å². The standard InChI is InChI=1S/C10H14N2O2/c1-7(2)6-12-4-3-8(5-11)9(13)10(12)14/h7-8H,3-4,6H2,1-2H3. The van der Waals surface area contributed by atoms with E-state index in [1.165, 1.54) is 0 Å². The Bertz CT molecular complexity index is 291. The molecule has 1 saturated heterocycles. The van der Waals surface area contributed by atoms with Gasteiger partial charge in [0.1, 0.15) is 5.92 Å². The normalized spacial score (nSPS) is 22.7. The van der Waals surface area contributed by atoms with Crippen molar-refractivity contribution in [2.24, 2.45) is 11.8 Å². The first-order valence-corrected chi connectivity index (χ1v) is 4.79. The third-order valence-corrected chi connectivity index (χ3v) is 2.24. The number of hydrogen-bond donors (Lipinski definition) is 0. The van der Waals surface area contributed by atoms with Gasteiger partial charge in [-0.2, -0.15) is 5.26 Å². The highest BCUT2D eigenvalue weighted by atomic mass is 16.2. The first-order valence-electron chi connectivity index (χ1n) is 4.79. The van der Waals surface area contributed by atoms with Crippen LogP contribution in [0.15, 0.2) is 0 Å². The highest BCUT2D eigenvalue weighted by Gasteiger charge is 2.34. The fourth-order valence-corrected chi connectivity index (χ4v) is 1.56. The van der Waals surface area contributed by atoms with Crippen LogP contribution in [0.2, 0.25) is 0 Å². The van der Waals surface area contributed by atoms with Gasteiger partial charge in [0.2, 0.25) is 5.78 Å². The van der Waals surface area contributed by atoms with Crippen molar-refractivity contribution in [3.05, 3.63) is 0 Å². The monoisotopic (exact) mass is 194 g/mol. The summed E-state index contributed by atoms with van der Waals surface area (Å²) in [7, 11) is 0. The van der Waals surface area contributed by atoms with E-state index in [0.29, 0.717) is 25.4 Å². The lowest BCUT2D eigenvalue weighted by atomic mass is 9.96. The summed E-state index contributed by atoms with van der Waals surface area (Å²) in [5.74, 6) is -1.40. The minimum absolute atomic E-state index is 0.352. The molecule has 1 amide bonds. The van der Waals surface area contributed by atoms with Gasteiger partial charge in [-0.15, -0.1) is 0 Å². The molecule has 1 aliphatic heterocycles. The van der Waals surface area contributed by atoms with Crippen LogP contribution in [0.3, 0.4) is 0 Å². The third-order valence-electron chi connectivity index (χ3n) is 2.24. The molecule has 0 bridgehead atoms. The Morgan fingerprint density at radius 2 is 2.21 bits per heavy atom. The van der Waals surface area contributed by atoms with E-state index in [0.717, 1.165) is 0 Å². The van der Waals surface area contributed by atoms with Crippen LogP contribution in [0.4, 0.5) is 0 Å². The SMILES string of the molecule is CC(C)CN1CCC(C#N)C(=O)C1=O. The van der Waals surface area contributed by atoms with E-state index in [1.807, 2.05) is 19.9 Å². The number of carbonyl (C=O) groups excluding carboxylic acids is 2. The van der Waals surface area contributed by atoms with Gasteiger partial charge in [-0.1, -0.05) is 13.8 Å². The maximum absolute atomic E-state index is 11.5. The number of rotatable bonds is 2. The largest absolute Gasteiger partial charge is 0.336 e. The zero-order valence-corrected chi connectivity index (χ0v) is 8.49. The Morgan fingerprint density at radius 3 is 2.71 bits per heavy atom. The maximum atomic E-state index is 11.5. The molecule has 0 aromatic rings. The molecule has 0 aromatic heterocycles.